The van der Waals surface area contributed by atoms with Crippen molar-refractivity contribution in [2.75, 3.05) is 17.2 Å². The summed E-state index contributed by atoms with van der Waals surface area (Å²) in [6.07, 6.45) is 0.246. The fourth-order valence-electron chi connectivity index (χ4n) is 3.05. The number of fused-ring (bicyclic) bond motifs is 1. The zero-order valence-corrected chi connectivity index (χ0v) is 17.2. The van der Waals surface area contributed by atoms with Crippen LogP contribution in [0.1, 0.15) is 26.3 Å². The Morgan fingerprint density at radius 1 is 1.17 bits per heavy atom. The van der Waals surface area contributed by atoms with E-state index in [4.69, 9.17) is 5.26 Å². The van der Waals surface area contributed by atoms with E-state index < -0.39 is 0 Å². The molecule has 2 aromatic carbocycles. The van der Waals surface area contributed by atoms with Crippen molar-refractivity contribution in [1.82, 2.24) is 9.55 Å². The van der Waals surface area contributed by atoms with Crippen LogP contribution in [0.5, 0.6) is 0 Å². The van der Waals surface area contributed by atoms with Gasteiger partial charge in [-0.2, -0.15) is 5.26 Å². The average Bonchev–Trinajstić information content (AvgIpc) is 2.73. The number of amides is 1. The average molecular weight is 407 g/mol. The summed E-state index contributed by atoms with van der Waals surface area (Å²) in [4.78, 5) is 32.1. The van der Waals surface area contributed by atoms with Crippen molar-refractivity contribution in [3.63, 3.8) is 0 Å². The molecule has 0 aliphatic carbocycles. The van der Waals surface area contributed by atoms with Gasteiger partial charge < -0.3 is 4.90 Å². The summed E-state index contributed by atoms with van der Waals surface area (Å²) in [7, 11) is 0. The Bertz CT molecular complexity index is 1100. The van der Waals surface area contributed by atoms with Crippen LogP contribution in [-0.2, 0) is 4.79 Å². The van der Waals surface area contributed by atoms with Crippen LogP contribution in [0.4, 0.5) is 5.69 Å². The van der Waals surface area contributed by atoms with Gasteiger partial charge in [-0.25, -0.2) is 4.98 Å². The van der Waals surface area contributed by atoms with E-state index in [0.717, 1.165) is 5.69 Å². The monoisotopic (exact) mass is 406 g/mol. The third-order valence-electron chi connectivity index (χ3n) is 4.43. The minimum absolute atomic E-state index is 0.0824. The minimum Gasteiger partial charge on any atom is -0.311 e. The number of nitrogens with zero attached hydrogens (tertiary/aromatic N) is 4. The molecule has 0 fully saturated rings. The lowest BCUT2D eigenvalue weighted by Gasteiger charge is -2.22. The van der Waals surface area contributed by atoms with Crippen molar-refractivity contribution in [2.45, 2.75) is 31.5 Å². The molecule has 3 rings (SSSR count). The van der Waals surface area contributed by atoms with Gasteiger partial charge in [0.2, 0.25) is 5.91 Å². The molecule has 0 aliphatic rings. The van der Waals surface area contributed by atoms with Gasteiger partial charge >= 0.3 is 0 Å². The zero-order chi connectivity index (χ0) is 20.8. The summed E-state index contributed by atoms with van der Waals surface area (Å²) in [6.45, 7) is 4.17. The Labute approximate surface area is 173 Å². The van der Waals surface area contributed by atoms with Gasteiger partial charge in [-0.3, -0.25) is 14.2 Å². The van der Waals surface area contributed by atoms with E-state index in [2.05, 4.69) is 11.1 Å². The summed E-state index contributed by atoms with van der Waals surface area (Å²) < 4.78 is 1.63. The van der Waals surface area contributed by atoms with Crippen LogP contribution in [0, 0.1) is 11.3 Å². The van der Waals surface area contributed by atoms with Crippen molar-refractivity contribution >= 4 is 34.3 Å². The van der Waals surface area contributed by atoms with Crippen LogP contribution < -0.4 is 10.5 Å². The van der Waals surface area contributed by atoms with Crippen molar-refractivity contribution < 1.29 is 4.79 Å². The minimum atomic E-state index is -0.130. The number of aromatic nitrogens is 2. The highest BCUT2D eigenvalue weighted by molar-refractivity contribution is 7.99. The lowest BCUT2D eigenvalue weighted by molar-refractivity contribution is -0.116. The molecule has 1 amide bonds. The molecular formula is C22H22N4O2S. The van der Waals surface area contributed by atoms with Crippen LogP contribution in [0.15, 0.2) is 64.5 Å². The molecule has 0 bridgehead atoms. The molecule has 0 aliphatic heterocycles. The fourth-order valence-corrected chi connectivity index (χ4v) is 4.06. The van der Waals surface area contributed by atoms with Gasteiger partial charge in [0, 0.05) is 18.3 Å². The molecule has 0 spiro atoms. The maximum Gasteiger partial charge on any atom is 0.262 e. The smallest absolute Gasteiger partial charge is 0.262 e. The molecular weight excluding hydrogens is 384 g/mol. The molecule has 1 heterocycles. The normalized spacial score (nSPS) is 10.8. The molecule has 0 N–H and O–H groups in total. The van der Waals surface area contributed by atoms with Crippen LogP contribution in [0.25, 0.3) is 10.9 Å². The number of anilines is 1. The van der Waals surface area contributed by atoms with E-state index in [-0.39, 0.29) is 29.7 Å². The van der Waals surface area contributed by atoms with E-state index in [1.54, 1.807) is 21.6 Å². The van der Waals surface area contributed by atoms with Crippen LogP contribution in [0.2, 0.25) is 0 Å². The molecule has 0 atom stereocenters. The largest absolute Gasteiger partial charge is 0.311 e. The highest BCUT2D eigenvalue weighted by atomic mass is 32.2. The van der Waals surface area contributed by atoms with Crippen molar-refractivity contribution in [2.24, 2.45) is 0 Å². The predicted molar refractivity (Wildman–Crippen MR) is 116 cm³/mol. The van der Waals surface area contributed by atoms with E-state index in [1.165, 1.54) is 11.8 Å². The molecule has 0 unspecified atom stereocenters. The number of carbonyl (C=O) groups excluding carboxylic acids is 1. The van der Waals surface area contributed by atoms with Gasteiger partial charge in [-0.1, -0.05) is 42.1 Å². The first kappa shape index (κ1) is 20.6. The maximum absolute atomic E-state index is 12.9. The number of benzene rings is 2. The van der Waals surface area contributed by atoms with Crippen LogP contribution >= 0.6 is 11.8 Å². The summed E-state index contributed by atoms with van der Waals surface area (Å²) in [6, 6.07) is 18.5. The standard InChI is InChI=1S/C22H22N4O2S/c1-16(2)26-21(28)18-11-6-7-12-19(18)24-22(26)29-15-20(27)25(14-8-13-23)17-9-4-3-5-10-17/h3-7,9-12,16H,8,14-15H2,1-2H3. The first-order valence-electron chi connectivity index (χ1n) is 9.39. The second-order valence-corrected chi connectivity index (χ2v) is 7.70. The molecule has 1 aromatic heterocycles. The third-order valence-corrected chi connectivity index (χ3v) is 5.37. The van der Waals surface area contributed by atoms with E-state index in [1.807, 2.05) is 56.3 Å². The second kappa shape index (κ2) is 9.39. The number of hydrogen-bond acceptors (Lipinski definition) is 5. The summed E-state index contributed by atoms with van der Waals surface area (Å²) >= 11 is 1.25. The molecule has 148 valence electrons. The molecule has 29 heavy (non-hydrogen) atoms. The first-order valence-corrected chi connectivity index (χ1v) is 10.4. The Morgan fingerprint density at radius 3 is 2.55 bits per heavy atom. The van der Waals surface area contributed by atoms with Crippen LogP contribution in [0.3, 0.4) is 0 Å². The highest BCUT2D eigenvalue weighted by Gasteiger charge is 2.19. The maximum atomic E-state index is 12.9. The second-order valence-electron chi connectivity index (χ2n) is 6.76. The van der Waals surface area contributed by atoms with Crippen molar-refractivity contribution in [3.8, 4) is 6.07 Å². The van der Waals surface area contributed by atoms with Crippen molar-refractivity contribution in [1.29, 1.82) is 5.26 Å². The fraction of sp³-hybridized carbons (Fsp3) is 0.273. The van der Waals surface area contributed by atoms with Crippen molar-refractivity contribution in [3.05, 3.63) is 65.0 Å². The summed E-state index contributed by atoms with van der Waals surface area (Å²) in [5.74, 6) is -0.00756. The molecule has 3 aromatic rings. The molecule has 6 nitrogen and oxygen atoms in total. The predicted octanol–water partition coefficient (Wildman–Crippen LogP) is 4.02. The lowest BCUT2D eigenvalue weighted by atomic mass is 10.2. The van der Waals surface area contributed by atoms with E-state index in [9.17, 15) is 9.59 Å². The van der Waals surface area contributed by atoms with Gasteiger partial charge in [0.15, 0.2) is 5.16 Å². The van der Waals surface area contributed by atoms with E-state index in [0.29, 0.717) is 22.6 Å². The highest BCUT2D eigenvalue weighted by Crippen LogP contribution is 2.23. The van der Waals surface area contributed by atoms with Gasteiger partial charge in [0.05, 0.1) is 29.1 Å². The first-order chi connectivity index (χ1) is 14.0. The molecule has 7 heteroatoms. The van der Waals surface area contributed by atoms with E-state index >= 15 is 0 Å². The Hall–Kier alpha value is -3.11. The van der Waals surface area contributed by atoms with Gasteiger partial charge in [0.1, 0.15) is 0 Å². The summed E-state index contributed by atoms with van der Waals surface area (Å²) in [5, 5.41) is 10.0. The van der Waals surface area contributed by atoms with Gasteiger partial charge in [-0.15, -0.1) is 0 Å². The SMILES string of the molecule is CC(C)n1c(SCC(=O)N(CCC#N)c2ccccc2)nc2ccccc2c1=O. The number of nitriles is 1. The molecule has 0 radical (unpaired) electrons. The number of carbonyl (C=O) groups is 1. The number of thioether (sulfide) groups is 1. The molecule has 0 saturated carbocycles. The quantitative estimate of drug-likeness (QED) is 0.437. The Morgan fingerprint density at radius 2 is 1.86 bits per heavy atom. The Balaban J connectivity index is 1.88. The zero-order valence-electron chi connectivity index (χ0n) is 16.4. The van der Waals surface area contributed by atoms with Gasteiger partial charge in [0.25, 0.3) is 5.56 Å². The Kier molecular flexibility index (Phi) is 6.68. The van der Waals surface area contributed by atoms with Gasteiger partial charge in [-0.05, 0) is 38.1 Å². The number of rotatable bonds is 7. The third kappa shape index (κ3) is 4.66. The lowest BCUT2D eigenvalue weighted by Crippen LogP contribution is -2.33. The number of hydrogen-bond donors (Lipinski definition) is 0. The number of para-hydroxylation sites is 2. The molecule has 0 saturated heterocycles. The topological polar surface area (TPSA) is 79.0 Å². The summed E-state index contributed by atoms with van der Waals surface area (Å²) in [5.41, 5.74) is 1.26. The van der Waals surface area contributed by atoms with Crippen LogP contribution in [-0.4, -0.2) is 27.8 Å².